The Balaban J connectivity index is 2.81. The number of benzene rings is 1. The molecule has 0 saturated carbocycles. The van der Waals surface area contributed by atoms with Gasteiger partial charge in [0.05, 0.1) is 12.4 Å². The third-order valence-electron chi connectivity index (χ3n) is 2.84. The van der Waals surface area contributed by atoms with Crippen molar-refractivity contribution < 1.29 is 8.95 Å². The van der Waals surface area contributed by atoms with Gasteiger partial charge in [-0.2, -0.15) is 0 Å². The number of rotatable bonds is 5. The number of ether oxygens (including phenoxy) is 1. The fourth-order valence-corrected chi connectivity index (χ4v) is 2.98. The van der Waals surface area contributed by atoms with E-state index in [1.54, 1.807) is 7.11 Å². The van der Waals surface area contributed by atoms with Crippen molar-refractivity contribution in [1.82, 2.24) is 0 Å². The highest BCUT2D eigenvalue weighted by Crippen LogP contribution is 2.22. The third kappa shape index (κ3) is 3.54. The molecule has 0 aromatic heterocycles. The molecule has 4 heteroatoms. The monoisotopic (exact) mass is 255 g/mol. The molecule has 0 saturated heterocycles. The van der Waals surface area contributed by atoms with Crippen LogP contribution in [0.4, 0.5) is 0 Å². The molecule has 1 rings (SSSR count). The predicted octanol–water partition coefficient (Wildman–Crippen LogP) is 2.24. The summed E-state index contributed by atoms with van der Waals surface area (Å²) in [6, 6.07) is 7.40. The molecule has 0 aliphatic heterocycles. The molecule has 0 fully saturated rings. The number of methoxy groups -OCH3 is 1. The molecule has 3 unspecified atom stereocenters. The van der Waals surface area contributed by atoms with Crippen LogP contribution in [0.5, 0.6) is 5.75 Å². The van der Waals surface area contributed by atoms with Gasteiger partial charge in [-0.05, 0) is 24.6 Å². The van der Waals surface area contributed by atoms with Crippen LogP contribution in [0.2, 0.25) is 0 Å². The maximum Gasteiger partial charge on any atom is 0.118 e. The van der Waals surface area contributed by atoms with Crippen LogP contribution < -0.4 is 10.5 Å². The zero-order valence-electron chi connectivity index (χ0n) is 10.8. The summed E-state index contributed by atoms with van der Waals surface area (Å²) >= 11 is 0. The molecule has 0 heterocycles. The van der Waals surface area contributed by atoms with Gasteiger partial charge in [0.25, 0.3) is 0 Å². The highest BCUT2D eigenvalue weighted by Gasteiger charge is 2.22. The van der Waals surface area contributed by atoms with Gasteiger partial charge in [-0.1, -0.05) is 26.0 Å². The first-order valence-corrected chi connectivity index (χ1v) is 7.04. The van der Waals surface area contributed by atoms with E-state index in [1.165, 1.54) is 0 Å². The van der Waals surface area contributed by atoms with Crippen molar-refractivity contribution in [2.75, 3.05) is 7.11 Å². The minimum Gasteiger partial charge on any atom is -0.497 e. The van der Waals surface area contributed by atoms with Crippen molar-refractivity contribution in [1.29, 1.82) is 0 Å². The predicted molar refractivity (Wildman–Crippen MR) is 72.7 cm³/mol. The number of hydrogen-bond acceptors (Lipinski definition) is 3. The first-order valence-electron chi connectivity index (χ1n) is 5.76. The lowest BCUT2D eigenvalue weighted by Gasteiger charge is -2.21. The molecule has 2 N–H and O–H groups in total. The van der Waals surface area contributed by atoms with Gasteiger partial charge in [-0.15, -0.1) is 0 Å². The summed E-state index contributed by atoms with van der Waals surface area (Å²) in [4.78, 5) is 0. The number of hydrogen-bond donors (Lipinski definition) is 1. The molecular weight excluding hydrogens is 234 g/mol. The van der Waals surface area contributed by atoms with E-state index >= 15 is 0 Å². The van der Waals surface area contributed by atoms with E-state index in [0.717, 1.165) is 11.3 Å². The van der Waals surface area contributed by atoms with E-state index in [4.69, 9.17) is 10.5 Å². The number of nitrogens with two attached hydrogens (primary N) is 1. The van der Waals surface area contributed by atoms with Crippen LogP contribution in [-0.4, -0.2) is 21.8 Å². The summed E-state index contributed by atoms with van der Waals surface area (Å²) in [6.45, 7) is 5.84. The fourth-order valence-electron chi connectivity index (χ4n) is 1.67. The SMILES string of the molecule is COc1ccc(C(N)C(C)S(=O)C(C)C)cc1. The van der Waals surface area contributed by atoms with Crippen molar-refractivity contribution in [3.63, 3.8) is 0 Å². The Morgan fingerprint density at radius 2 is 1.71 bits per heavy atom. The molecule has 0 amide bonds. The molecular formula is C13H21NO2S. The molecule has 0 radical (unpaired) electrons. The average molecular weight is 255 g/mol. The largest absolute Gasteiger partial charge is 0.497 e. The third-order valence-corrected chi connectivity index (χ3v) is 4.79. The van der Waals surface area contributed by atoms with Gasteiger partial charge < -0.3 is 10.5 Å². The van der Waals surface area contributed by atoms with Crippen LogP contribution in [0.3, 0.4) is 0 Å². The van der Waals surface area contributed by atoms with Crippen molar-refractivity contribution in [2.45, 2.75) is 37.3 Å². The molecule has 0 aliphatic carbocycles. The summed E-state index contributed by atoms with van der Waals surface area (Å²) in [6.07, 6.45) is 0. The van der Waals surface area contributed by atoms with Gasteiger partial charge in [-0.3, -0.25) is 4.21 Å². The average Bonchev–Trinajstić information content (AvgIpc) is 2.36. The Bertz CT molecular complexity index is 376. The van der Waals surface area contributed by atoms with Crippen LogP contribution in [0.1, 0.15) is 32.4 Å². The van der Waals surface area contributed by atoms with Gasteiger partial charge in [0.1, 0.15) is 5.75 Å². The second-order valence-corrected chi connectivity index (χ2v) is 6.72. The van der Waals surface area contributed by atoms with E-state index in [-0.39, 0.29) is 16.5 Å². The fraction of sp³-hybridized carbons (Fsp3) is 0.538. The Labute approximate surface area is 106 Å². The normalized spacial score (nSPS) is 16.6. The maximum atomic E-state index is 12.0. The Hall–Kier alpha value is -0.870. The van der Waals surface area contributed by atoms with Gasteiger partial charge in [0.2, 0.25) is 0 Å². The van der Waals surface area contributed by atoms with Gasteiger partial charge in [-0.25, -0.2) is 0 Å². The van der Waals surface area contributed by atoms with Crippen molar-refractivity contribution >= 4 is 10.8 Å². The highest BCUT2D eigenvalue weighted by molar-refractivity contribution is 7.86. The van der Waals surface area contributed by atoms with Crippen LogP contribution in [-0.2, 0) is 10.8 Å². The smallest absolute Gasteiger partial charge is 0.118 e. The Morgan fingerprint density at radius 3 is 2.12 bits per heavy atom. The van der Waals surface area contributed by atoms with Crippen LogP contribution >= 0.6 is 0 Å². The van der Waals surface area contributed by atoms with Gasteiger partial charge in [0, 0.05) is 22.1 Å². The summed E-state index contributed by atoms with van der Waals surface area (Å²) in [5.74, 6) is 0.804. The topological polar surface area (TPSA) is 52.3 Å². The zero-order chi connectivity index (χ0) is 13.0. The molecule has 1 aromatic carbocycles. The zero-order valence-corrected chi connectivity index (χ0v) is 11.7. The Morgan fingerprint density at radius 1 is 1.18 bits per heavy atom. The van der Waals surface area contributed by atoms with Gasteiger partial charge >= 0.3 is 0 Å². The molecule has 0 aliphatic rings. The van der Waals surface area contributed by atoms with E-state index < -0.39 is 10.8 Å². The second kappa shape index (κ2) is 6.17. The molecule has 0 bridgehead atoms. The Kier molecular flexibility index (Phi) is 5.15. The minimum atomic E-state index is -0.910. The van der Waals surface area contributed by atoms with Crippen LogP contribution in [0.25, 0.3) is 0 Å². The van der Waals surface area contributed by atoms with Crippen molar-refractivity contribution in [2.24, 2.45) is 5.73 Å². The second-order valence-electron chi connectivity index (χ2n) is 4.38. The molecule has 3 nitrogen and oxygen atoms in total. The quantitative estimate of drug-likeness (QED) is 0.878. The van der Waals surface area contributed by atoms with Crippen molar-refractivity contribution in [3.8, 4) is 5.75 Å². The van der Waals surface area contributed by atoms with Crippen LogP contribution in [0, 0.1) is 0 Å². The van der Waals surface area contributed by atoms with Crippen molar-refractivity contribution in [3.05, 3.63) is 29.8 Å². The molecule has 96 valence electrons. The minimum absolute atomic E-state index is 0.0524. The summed E-state index contributed by atoms with van der Waals surface area (Å²) in [7, 11) is 0.720. The van der Waals surface area contributed by atoms with E-state index in [0.29, 0.717) is 0 Å². The summed E-state index contributed by atoms with van der Waals surface area (Å²) < 4.78 is 17.1. The first kappa shape index (κ1) is 14.2. The molecule has 1 aromatic rings. The van der Waals surface area contributed by atoms with E-state index in [1.807, 2.05) is 45.0 Å². The summed E-state index contributed by atoms with van der Waals surface area (Å²) in [5, 5.41) is 0.0812. The molecule has 3 atom stereocenters. The highest BCUT2D eigenvalue weighted by atomic mass is 32.2. The first-order chi connectivity index (χ1) is 7.97. The lowest BCUT2D eigenvalue weighted by atomic mass is 10.1. The van der Waals surface area contributed by atoms with E-state index in [9.17, 15) is 4.21 Å². The maximum absolute atomic E-state index is 12.0. The lowest BCUT2D eigenvalue weighted by molar-refractivity contribution is 0.414. The lowest BCUT2D eigenvalue weighted by Crippen LogP contribution is -2.31. The standard InChI is InChI=1S/C13H21NO2S/c1-9(2)17(15)10(3)13(14)11-5-7-12(16-4)8-6-11/h5-10,13H,14H2,1-4H3. The molecule has 17 heavy (non-hydrogen) atoms. The molecule has 0 spiro atoms. The van der Waals surface area contributed by atoms with E-state index in [2.05, 4.69) is 0 Å². The van der Waals surface area contributed by atoms with Crippen LogP contribution in [0.15, 0.2) is 24.3 Å². The summed E-state index contributed by atoms with van der Waals surface area (Å²) in [5.41, 5.74) is 7.13. The van der Waals surface area contributed by atoms with Gasteiger partial charge in [0.15, 0.2) is 0 Å².